The van der Waals surface area contributed by atoms with E-state index in [-0.39, 0.29) is 6.04 Å². The zero-order valence-electron chi connectivity index (χ0n) is 10.1. The Morgan fingerprint density at radius 3 is 2.84 bits per heavy atom. The van der Waals surface area contributed by atoms with Gasteiger partial charge >= 0.3 is 0 Å². The maximum absolute atomic E-state index is 6.07. The first-order chi connectivity index (χ1) is 9.15. The van der Waals surface area contributed by atoms with Gasteiger partial charge in [-0.3, -0.25) is 4.98 Å². The van der Waals surface area contributed by atoms with E-state index in [1.54, 1.807) is 6.20 Å². The standard InChI is InChI=1S/C13H12Br2N4/c14-7-4-9(15)12(17-5-7)13-18-6-8-10(16)2-1-3-11(8)19-13/h4-6,10H,1-3,16H2. The van der Waals surface area contributed by atoms with Crippen LogP contribution < -0.4 is 5.73 Å². The second-order valence-corrected chi connectivity index (χ2v) is 6.35. The van der Waals surface area contributed by atoms with E-state index in [9.17, 15) is 0 Å². The van der Waals surface area contributed by atoms with Crippen molar-refractivity contribution < 1.29 is 0 Å². The van der Waals surface area contributed by atoms with E-state index in [1.165, 1.54) is 0 Å². The number of rotatable bonds is 1. The molecular weight excluding hydrogens is 372 g/mol. The van der Waals surface area contributed by atoms with Crippen molar-refractivity contribution in [2.75, 3.05) is 0 Å². The van der Waals surface area contributed by atoms with Gasteiger partial charge in [-0.1, -0.05) is 0 Å². The molecule has 6 heteroatoms. The maximum atomic E-state index is 6.07. The van der Waals surface area contributed by atoms with Crippen LogP contribution in [0.2, 0.25) is 0 Å². The van der Waals surface area contributed by atoms with Crippen LogP contribution in [0.1, 0.15) is 30.1 Å². The van der Waals surface area contributed by atoms with Crippen molar-refractivity contribution in [2.45, 2.75) is 25.3 Å². The third kappa shape index (κ3) is 2.57. The summed E-state index contributed by atoms with van der Waals surface area (Å²) in [6.45, 7) is 0. The molecular formula is C13H12Br2N4. The molecule has 0 aliphatic heterocycles. The maximum Gasteiger partial charge on any atom is 0.179 e. The van der Waals surface area contributed by atoms with Gasteiger partial charge in [-0.25, -0.2) is 9.97 Å². The first-order valence-corrected chi connectivity index (χ1v) is 7.66. The van der Waals surface area contributed by atoms with Crippen molar-refractivity contribution >= 4 is 31.9 Å². The molecule has 1 unspecified atom stereocenters. The Bertz CT molecular complexity index is 630. The number of nitrogens with two attached hydrogens (primary N) is 1. The highest BCUT2D eigenvalue weighted by atomic mass is 79.9. The van der Waals surface area contributed by atoms with Crippen molar-refractivity contribution in [1.82, 2.24) is 15.0 Å². The number of hydrogen-bond donors (Lipinski definition) is 1. The molecule has 98 valence electrons. The van der Waals surface area contributed by atoms with Crippen LogP contribution in [-0.2, 0) is 6.42 Å². The van der Waals surface area contributed by atoms with Crippen LogP contribution in [0, 0.1) is 0 Å². The molecule has 2 heterocycles. The molecule has 0 fully saturated rings. The average Bonchev–Trinajstić information content (AvgIpc) is 2.38. The van der Waals surface area contributed by atoms with E-state index in [4.69, 9.17) is 5.73 Å². The molecule has 0 aromatic carbocycles. The average molecular weight is 384 g/mol. The van der Waals surface area contributed by atoms with Crippen LogP contribution >= 0.6 is 31.9 Å². The van der Waals surface area contributed by atoms with Crippen molar-refractivity contribution in [3.63, 3.8) is 0 Å². The predicted molar refractivity (Wildman–Crippen MR) is 80.5 cm³/mol. The van der Waals surface area contributed by atoms with Gasteiger partial charge in [-0.2, -0.15) is 0 Å². The second kappa shape index (κ2) is 5.26. The molecule has 19 heavy (non-hydrogen) atoms. The molecule has 2 N–H and O–H groups in total. The lowest BCUT2D eigenvalue weighted by Gasteiger charge is -2.21. The second-order valence-electron chi connectivity index (χ2n) is 4.58. The summed E-state index contributed by atoms with van der Waals surface area (Å²) in [6.07, 6.45) is 6.65. The first kappa shape index (κ1) is 13.1. The third-order valence-electron chi connectivity index (χ3n) is 3.25. The molecule has 0 radical (unpaired) electrons. The van der Waals surface area contributed by atoms with Gasteiger partial charge in [0.25, 0.3) is 0 Å². The molecule has 1 aliphatic carbocycles. The van der Waals surface area contributed by atoms with Crippen LogP contribution in [0.25, 0.3) is 11.5 Å². The van der Waals surface area contributed by atoms with E-state index >= 15 is 0 Å². The molecule has 1 atom stereocenters. The summed E-state index contributed by atoms with van der Waals surface area (Å²) in [4.78, 5) is 13.4. The highest BCUT2D eigenvalue weighted by Gasteiger charge is 2.20. The van der Waals surface area contributed by atoms with Crippen molar-refractivity contribution in [2.24, 2.45) is 5.73 Å². The highest BCUT2D eigenvalue weighted by Crippen LogP contribution is 2.30. The summed E-state index contributed by atoms with van der Waals surface area (Å²) in [7, 11) is 0. The molecule has 0 spiro atoms. The molecule has 4 nitrogen and oxygen atoms in total. The van der Waals surface area contributed by atoms with Gasteiger partial charge in [0.1, 0.15) is 5.69 Å². The van der Waals surface area contributed by atoms with Crippen molar-refractivity contribution in [3.05, 3.63) is 38.7 Å². The van der Waals surface area contributed by atoms with Gasteiger partial charge in [0, 0.05) is 38.6 Å². The fourth-order valence-electron chi connectivity index (χ4n) is 2.27. The van der Waals surface area contributed by atoms with E-state index in [0.29, 0.717) is 5.82 Å². The van der Waals surface area contributed by atoms with Crippen LogP contribution in [0.3, 0.4) is 0 Å². The Morgan fingerprint density at radius 2 is 2.05 bits per heavy atom. The minimum atomic E-state index is 0.0686. The van der Waals surface area contributed by atoms with Crippen LogP contribution in [0.15, 0.2) is 27.4 Å². The number of hydrogen-bond acceptors (Lipinski definition) is 4. The number of aryl methyl sites for hydroxylation is 1. The summed E-state index contributed by atoms with van der Waals surface area (Å²) >= 11 is 6.88. The summed E-state index contributed by atoms with van der Waals surface area (Å²) in [6, 6.07) is 2.01. The number of nitrogens with zero attached hydrogens (tertiary/aromatic N) is 3. The fraction of sp³-hybridized carbons (Fsp3) is 0.308. The van der Waals surface area contributed by atoms with E-state index in [0.717, 1.165) is 45.2 Å². The van der Waals surface area contributed by atoms with E-state index in [2.05, 4.69) is 46.8 Å². The normalized spacial score (nSPS) is 18.2. The number of halogens is 2. The lowest BCUT2D eigenvalue weighted by molar-refractivity contribution is 0.557. The van der Waals surface area contributed by atoms with Gasteiger partial charge < -0.3 is 5.73 Å². The number of aromatic nitrogens is 3. The molecule has 0 bridgehead atoms. The molecule has 3 rings (SSSR count). The summed E-state index contributed by atoms with van der Waals surface area (Å²) < 4.78 is 1.80. The van der Waals surface area contributed by atoms with Crippen LogP contribution in [0.5, 0.6) is 0 Å². The van der Waals surface area contributed by atoms with Gasteiger partial charge in [-0.05, 0) is 57.2 Å². The van der Waals surface area contributed by atoms with Gasteiger partial charge in [-0.15, -0.1) is 0 Å². The highest BCUT2D eigenvalue weighted by molar-refractivity contribution is 9.11. The number of fused-ring (bicyclic) bond motifs is 1. The Balaban J connectivity index is 2.06. The van der Waals surface area contributed by atoms with Gasteiger partial charge in [0.2, 0.25) is 0 Å². The fourth-order valence-corrected chi connectivity index (χ4v) is 3.44. The molecule has 1 aliphatic rings. The molecule has 0 saturated heterocycles. The van der Waals surface area contributed by atoms with Crippen molar-refractivity contribution in [1.29, 1.82) is 0 Å². The Hall–Kier alpha value is -0.850. The smallest absolute Gasteiger partial charge is 0.179 e. The molecule has 2 aromatic rings. The largest absolute Gasteiger partial charge is 0.324 e. The van der Waals surface area contributed by atoms with Gasteiger partial charge in [0.05, 0.1) is 0 Å². The quantitative estimate of drug-likeness (QED) is 0.819. The van der Waals surface area contributed by atoms with Crippen molar-refractivity contribution in [3.8, 4) is 11.5 Å². The van der Waals surface area contributed by atoms with E-state index in [1.807, 2.05) is 12.3 Å². The molecule has 2 aromatic heterocycles. The Morgan fingerprint density at radius 1 is 1.21 bits per heavy atom. The van der Waals surface area contributed by atoms with Crippen LogP contribution in [-0.4, -0.2) is 15.0 Å². The zero-order valence-corrected chi connectivity index (χ0v) is 13.3. The minimum absolute atomic E-state index is 0.0686. The molecule has 0 saturated carbocycles. The lowest BCUT2D eigenvalue weighted by atomic mass is 9.93. The minimum Gasteiger partial charge on any atom is -0.324 e. The first-order valence-electron chi connectivity index (χ1n) is 6.08. The SMILES string of the molecule is NC1CCCc2nc(-c3ncc(Br)cc3Br)ncc21. The Labute approximate surface area is 128 Å². The zero-order chi connectivity index (χ0) is 13.4. The third-order valence-corrected chi connectivity index (χ3v) is 4.29. The lowest BCUT2D eigenvalue weighted by Crippen LogP contribution is -2.19. The number of pyridine rings is 1. The van der Waals surface area contributed by atoms with Gasteiger partial charge in [0.15, 0.2) is 5.82 Å². The summed E-state index contributed by atoms with van der Waals surface area (Å²) in [5.41, 5.74) is 8.96. The summed E-state index contributed by atoms with van der Waals surface area (Å²) in [5.74, 6) is 0.646. The molecule has 0 amide bonds. The monoisotopic (exact) mass is 382 g/mol. The van der Waals surface area contributed by atoms with Crippen LogP contribution in [0.4, 0.5) is 0 Å². The summed E-state index contributed by atoms with van der Waals surface area (Å²) in [5, 5.41) is 0. The van der Waals surface area contributed by atoms with E-state index < -0.39 is 0 Å². The topological polar surface area (TPSA) is 64.7 Å². The predicted octanol–water partition coefficient (Wildman–Crippen LogP) is 3.40. The Kier molecular flexibility index (Phi) is 3.64.